The molecule has 4 heterocycles. The van der Waals surface area contributed by atoms with E-state index in [0.29, 0.717) is 30.2 Å². The summed E-state index contributed by atoms with van der Waals surface area (Å²) in [7, 11) is 2.56. The smallest absolute Gasteiger partial charge is 0.418 e. The van der Waals surface area contributed by atoms with E-state index in [2.05, 4.69) is 20.3 Å². The van der Waals surface area contributed by atoms with E-state index in [1.165, 1.54) is 14.2 Å². The van der Waals surface area contributed by atoms with E-state index in [9.17, 15) is 18.0 Å². The van der Waals surface area contributed by atoms with Crippen molar-refractivity contribution >= 4 is 28.4 Å². The molecule has 3 aromatic rings. The number of methoxy groups -OCH3 is 2. The zero-order chi connectivity index (χ0) is 33.2. The third-order valence-electron chi connectivity index (χ3n) is 6.43. The van der Waals surface area contributed by atoms with Gasteiger partial charge in [-0.2, -0.15) is 13.2 Å². The maximum absolute atomic E-state index is 16.3. The minimum absolute atomic E-state index is 0.0126. The molecule has 3 N–H and O–H groups in total. The quantitative estimate of drug-likeness (QED) is 0.255. The summed E-state index contributed by atoms with van der Waals surface area (Å²) in [5, 5.41) is 3.25. The molecule has 0 bridgehead atoms. The number of nitrogens with zero attached hydrogens (tertiary/aromatic N) is 4. The first-order valence-electron chi connectivity index (χ1n) is 14.3. The van der Waals surface area contributed by atoms with Crippen molar-refractivity contribution in [3.05, 3.63) is 34.4 Å². The highest BCUT2D eigenvalue weighted by Crippen LogP contribution is 2.44. The fourth-order valence-corrected chi connectivity index (χ4v) is 4.62. The van der Waals surface area contributed by atoms with Crippen LogP contribution in [0.15, 0.2) is 6.07 Å². The molecule has 3 aromatic heterocycles. The second-order valence-electron chi connectivity index (χ2n) is 8.71. The van der Waals surface area contributed by atoms with Gasteiger partial charge in [0, 0.05) is 36.3 Å². The number of ether oxygens (including phenoxy) is 2. The molecule has 1 fully saturated rings. The molecule has 13 heteroatoms. The maximum atomic E-state index is 16.3. The van der Waals surface area contributed by atoms with E-state index >= 15 is 4.39 Å². The first kappa shape index (κ1) is 37.3. The molecule has 1 aliphatic rings. The number of piperazine rings is 1. The number of alkyl halides is 3. The van der Waals surface area contributed by atoms with E-state index < -0.39 is 46.5 Å². The van der Waals surface area contributed by atoms with Crippen molar-refractivity contribution in [2.75, 3.05) is 44.5 Å². The van der Waals surface area contributed by atoms with E-state index in [4.69, 9.17) is 15.2 Å². The van der Waals surface area contributed by atoms with Gasteiger partial charge in [0.25, 0.3) is 0 Å². The standard InChI is InChI=1S/C24H26F4N6O3.3C2H6/c1-10-11(2)32-21(34-7-6-30-14(9-34)23(35)37-5)17-16(10)19(25)20(33-22(17)36-4)13-8-15(29)31-12(3)18(13)24(26,27)28;3*1-2/h8,14,30H,6-7,9H2,1-5H3,(H2,29,31);3*1-2H3. The fourth-order valence-electron chi connectivity index (χ4n) is 4.62. The Balaban J connectivity index is 0.00000145. The normalized spacial score (nSPS) is 14.4. The number of aromatic nitrogens is 3. The number of esters is 1. The number of nitrogens with one attached hydrogen (secondary N) is 1. The Labute approximate surface area is 251 Å². The Hall–Kier alpha value is -3.74. The number of pyridine rings is 3. The fraction of sp³-hybridized carbons (Fsp3) is 0.533. The average molecular weight is 613 g/mol. The Kier molecular flexibility index (Phi) is 14.0. The number of halogens is 4. The van der Waals surface area contributed by atoms with Gasteiger partial charge in [0.15, 0.2) is 5.82 Å². The highest BCUT2D eigenvalue weighted by molar-refractivity contribution is 6.01. The summed E-state index contributed by atoms with van der Waals surface area (Å²) in [5.74, 6) is -1.48. The number of anilines is 2. The predicted molar refractivity (Wildman–Crippen MR) is 163 cm³/mol. The van der Waals surface area contributed by atoms with Crippen LogP contribution in [0.5, 0.6) is 5.88 Å². The summed E-state index contributed by atoms with van der Waals surface area (Å²) in [6, 6.07) is 0.297. The zero-order valence-corrected chi connectivity index (χ0v) is 26.9. The molecule has 240 valence electrons. The van der Waals surface area contributed by atoms with Gasteiger partial charge in [-0.25, -0.2) is 19.3 Å². The minimum Gasteiger partial charge on any atom is -0.480 e. The lowest BCUT2D eigenvalue weighted by Gasteiger charge is -2.34. The van der Waals surface area contributed by atoms with Crippen molar-refractivity contribution in [1.82, 2.24) is 20.3 Å². The van der Waals surface area contributed by atoms with Crippen LogP contribution < -0.4 is 20.7 Å². The number of nitrogen functional groups attached to an aromatic ring is 1. The van der Waals surface area contributed by atoms with Gasteiger partial charge in [0.05, 0.1) is 30.9 Å². The third kappa shape index (κ3) is 7.81. The van der Waals surface area contributed by atoms with Crippen molar-refractivity contribution < 1.29 is 31.8 Å². The van der Waals surface area contributed by atoms with E-state index in [1.54, 1.807) is 18.7 Å². The Bertz CT molecular complexity index is 1400. The molecule has 1 aliphatic heterocycles. The largest absolute Gasteiger partial charge is 0.480 e. The lowest BCUT2D eigenvalue weighted by molar-refractivity contribution is -0.143. The number of carbonyl (C=O) groups excluding carboxylic acids is 1. The van der Waals surface area contributed by atoms with E-state index in [1.807, 2.05) is 41.5 Å². The van der Waals surface area contributed by atoms with Crippen LogP contribution in [0.25, 0.3) is 22.0 Å². The zero-order valence-electron chi connectivity index (χ0n) is 26.9. The number of carbonyl (C=O) groups is 1. The summed E-state index contributed by atoms with van der Waals surface area (Å²) in [6.45, 7) is 17.4. The van der Waals surface area contributed by atoms with Crippen LogP contribution in [0.1, 0.15) is 64.1 Å². The van der Waals surface area contributed by atoms with E-state index in [0.717, 1.165) is 13.0 Å². The molecule has 0 radical (unpaired) electrons. The summed E-state index contributed by atoms with van der Waals surface area (Å²) in [4.78, 5) is 26.4. The van der Waals surface area contributed by atoms with Crippen LogP contribution in [0.2, 0.25) is 0 Å². The summed E-state index contributed by atoms with van der Waals surface area (Å²) >= 11 is 0. The first-order chi connectivity index (χ1) is 20.4. The third-order valence-corrected chi connectivity index (χ3v) is 6.43. The van der Waals surface area contributed by atoms with Gasteiger partial charge in [-0.05, 0) is 32.4 Å². The van der Waals surface area contributed by atoms with Crippen LogP contribution in [0.3, 0.4) is 0 Å². The number of rotatable bonds is 4. The minimum atomic E-state index is -4.84. The van der Waals surface area contributed by atoms with Crippen molar-refractivity contribution in [1.29, 1.82) is 0 Å². The molecule has 0 saturated carbocycles. The van der Waals surface area contributed by atoms with Crippen molar-refractivity contribution in [3.63, 3.8) is 0 Å². The molecule has 0 spiro atoms. The summed E-state index contributed by atoms with van der Waals surface area (Å²) < 4.78 is 68.6. The van der Waals surface area contributed by atoms with Gasteiger partial charge in [0.1, 0.15) is 23.4 Å². The molecule has 1 saturated heterocycles. The van der Waals surface area contributed by atoms with Crippen LogP contribution in [-0.4, -0.2) is 60.8 Å². The Morgan fingerprint density at radius 3 is 2.14 bits per heavy atom. The van der Waals surface area contributed by atoms with Crippen LogP contribution in [0, 0.1) is 26.6 Å². The molecule has 9 nitrogen and oxygen atoms in total. The van der Waals surface area contributed by atoms with Crippen LogP contribution in [0.4, 0.5) is 29.2 Å². The summed E-state index contributed by atoms with van der Waals surface area (Å²) in [6.07, 6.45) is -4.84. The number of fused-ring (bicyclic) bond motifs is 1. The van der Waals surface area contributed by atoms with E-state index in [-0.39, 0.29) is 29.0 Å². The highest BCUT2D eigenvalue weighted by atomic mass is 19.4. The average Bonchev–Trinajstić information content (AvgIpc) is 3.00. The van der Waals surface area contributed by atoms with Crippen molar-refractivity contribution in [3.8, 4) is 17.1 Å². The number of hydrogen-bond acceptors (Lipinski definition) is 9. The van der Waals surface area contributed by atoms with Gasteiger partial charge in [-0.1, -0.05) is 41.5 Å². The topological polar surface area (TPSA) is 115 Å². The lowest BCUT2D eigenvalue weighted by Crippen LogP contribution is -2.55. The van der Waals surface area contributed by atoms with Crippen molar-refractivity contribution in [2.45, 2.75) is 74.5 Å². The first-order valence-corrected chi connectivity index (χ1v) is 14.3. The van der Waals surface area contributed by atoms with Gasteiger partial charge in [-0.15, -0.1) is 0 Å². The molecule has 0 aliphatic carbocycles. The van der Waals surface area contributed by atoms with Gasteiger partial charge < -0.3 is 25.4 Å². The Morgan fingerprint density at radius 1 is 1.00 bits per heavy atom. The molecule has 4 rings (SSSR count). The summed E-state index contributed by atoms with van der Waals surface area (Å²) in [5.41, 5.74) is 3.96. The molecular formula is C30H44F4N6O3. The molecule has 1 unspecified atom stereocenters. The van der Waals surface area contributed by atoms with Crippen molar-refractivity contribution in [2.24, 2.45) is 0 Å². The number of hydrogen-bond donors (Lipinski definition) is 2. The molecule has 43 heavy (non-hydrogen) atoms. The number of nitrogens with two attached hydrogens (primary N) is 1. The maximum Gasteiger partial charge on any atom is 0.418 e. The van der Waals surface area contributed by atoms with Crippen LogP contribution >= 0.6 is 0 Å². The molecule has 1 atom stereocenters. The predicted octanol–water partition coefficient (Wildman–Crippen LogP) is 6.40. The SMILES string of the molecule is CC.CC.CC.COC(=O)C1CN(c2nc(C)c(C)c3c(F)c(-c4cc(N)nc(C)c4C(F)(F)F)nc(OC)c23)CCN1. The van der Waals surface area contributed by atoms with Gasteiger partial charge in [-0.3, -0.25) is 4.79 Å². The van der Waals surface area contributed by atoms with Crippen LogP contribution in [-0.2, 0) is 15.7 Å². The monoisotopic (exact) mass is 612 g/mol. The molecular weight excluding hydrogens is 568 g/mol. The Morgan fingerprint density at radius 2 is 1.60 bits per heavy atom. The molecule has 0 aromatic carbocycles. The highest BCUT2D eigenvalue weighted by Gasteiger charge is 2.39. The van der Waals surface area contributed by atoms with Gasteiger partial charge in [0.2, 0.25) is 5.88 Å². The molecule has 0 amide bonds. The second kappa shape index (κ2) is 16.2. The second-order valence-corrected chi connectivity index (χ2v) is 8.71. The van der Waals surface area contributed by atoms with Gasteiger partial charge >= 0.3 is 12.1 Å². The lowest BCUT2D eigenvalue weighted by atomic mass is 9.98. The number of aryl methyl sites for hydroxylation is 3.